The number of rotatable bonds is 12. The van der Waals surface area contributed by atoms with E-state index in [0.717, 1.165) is 5.69 Å². The van der Waals surface area contributed by atoms with Crippen molar-refractivity contribution in [2.45, 2.75) is 26.4 Å². The van der Waals surface area contributed by atoms with Crippen molar-refractivity contribution in [1.82, 2.24) is 15.6 Å². The van der Waals surface area contributed by atoms with E-state index in [9.17, 15) is 14.7 Å². The number of aliphatic hydroxyl groups is 1. The summed E-state index contributed by atoms with van der Waals surface area (Å²) in [6, 6.07) is 12.4. The highest BCUT2D eigenvalue weighted by molar-refractivity contribution is 6.25. The number of anilines is 2. The van der Waals surface area contributed by atoms with E-state index in [1.807, 2.05) is 24.0 Å². The van der Waals surface area contributed by atoms with Crippen molar-refractivity contribution in [2.75, 3.05) is 36.9 Å². The molecule has 4 N–H and O–H groups in total. The molecule has 0 aliphatic rings. The molecule has 2 rings (SSSR count). The quantitative estimate of drug-likeness (QED) is 0.152. The molecule has 0 saturated heterocycles. The highest BCUT2D eigenvalue weighted by Gasteiger charge is 2.20. The number of hydrogen-bond donors (Lipinski definition) is 4. The van der Waals surface area contributed by atoms with Crippen LogP contribution < -0.4 is 20.9 Å². The van der Waals surface area contributed by atoms with E-state index < -0.39 is 11.5 Å². The maximum absolute atomic E-state index is 12.9. The Morgan fingerprint density at radius 1 is 1.19 bits per heavy atom. The molecular weight excluding hydrogens is 470 g/mol. The van der Waals surface area contributed by atoms with Crippen molar-refractivity contribution in [3.63, 3.8) is 0 Å². The molecule has 0 fully saturated rings. The molecular formula is C27H35N7O3. The van der Waals surface area contributed by atoms with Crippen molar-refractivity contribution in [2.24, 2.45) is 9.98 Å². The summed E-state index contributed by atoms with van der Waals surface area (Å²) in [5, 5.41) is 18.8. The average Bonchev–Trinajstić information content (AvgIpc) is 2.88. The number of aliphatic imine (C=N–C) groups is 2. The van der Waals surface area contributed by atoms with Gasteiger partial charge in [0, 0.05) is 32.0 Å². The summed E-state index contributed by atoms with van der Waals surface area (Å²) < 4.78 is 0. The highest BCUT2D eigenvalue weighted by Crippen LogP contribution is 2.23. The van der Waals surface area contributed by atoms with Crippen LogP contribution in [-0.4, -0.2) is 61.1 Å². The predicted octanol–water partition coefficient (Wildman–Crippen LogP) is 2.91. The molecule has 0 unspecified atom stereocenters. The van der Waals surface area contributed by atoms with Gasteiger partial charge in [0.25, 0.3) is 5.91 Å². The Hall–Kier alpha value is -4.31. The highest BCUT2D eigenvalue weighted by atomic mass is 16.3. The number of benzene rings is 1. The van der Waals surface area contributed by atoms with E-state index >= 15 is 0 Å². The summed E-state index contributed by atoms with van der Waals surface area (Å²) in [6.07, 6.45) is 2.87. The third kappa shape index (κ3) is 8.69. The van der Waals surface area contributed by atoms with Gasteiger partial charge in [-0.3, -0.25) is 14.6 Å². The fourth-order valence-corrected chi connectivity index (χ4v) is 3.21. The van der Waals surface area contributed by atoms with Gasteiger partial charge in [-0.05, 0) is 63.9 Å². The van der Waals surface area contributed by atoms with E-state index in [-0.39, 0.29) is 30.4 Å². The maximum atomic E-state index is 12.9. The van der Waals surface area contributed by atoms with Crippen LogP contribution in [0.3, 0.4) is 0 Å². The van der Waals surface area contributed by atoms with E-state index in [0.29, 0.717) is 23.7 Å². The summed E-state index contributed by atoms with van der Waals surface area (Å²) >= 11 is 0. The molecule has 10 heteroatoms. The largest absolute Gasteiger partial charge is 0.384 e. The van der Waals surface area contributed by atoms with Gasteiger partial charge in [-0.15, -0.1) is 6.58 Å². The fourth-order valence-electron chi connectivity index (χ4n) is 3.21. The zero-order valence-electron chi connectivity index (χ0n) is 21.8. The van der Waals surface area contributed by atoms with Crippen LogP contribution in [0.15, 0.2) is 76.9 Å². The lowest BCUT2D eigenvalue weighted by atomic mass is 10.1. The van der Waals surface area contributed by atoms with E-state index in [4.69, 9.17) is 0 Å². The second-order valence-corrected chi connectivity index (χ2v) is 8.48. The summed E-state index contributed by atoms with van der Waals surface area (Å²) in [5.41, 5.74) is 0.818. The number of nitrogens with zero attached hydrogens (tertiary/aromatic N) is 4. The minimum Gasteiger partial charge on any atom is -0.384 e. The van der Waals surface area contributed by atoms with Crippen LogP contribution >= 0.6 is 0 Å². The van der Waals surface area contributed by atoms with Gasteiger partial charge in [-0.25, -0.2) is 9.98 Å². The zero-order valence-corrected chi connectivity index (χ0v) is 21.8. The molecule has 0 bridgehead atoms. The Labute approximate surface area is 217 Å². The Morgan fingerprint density at radius 2 is 1.89 bits per heavy atom. The molecule has 0 spiro atoms. The lowest BCUT2D eigenvalue weighted by Gasteiger charge is -2.22. The summed E-state index contributed by atoms with van der Waals surface area (Å²) in [4.78, 5) is 39.6. The average molecular weight is 506 g/mol. The number of aromatic nitrogens is 1. The first-order valence-corrected chi connectivity index (χ1v) is 11.8. The van der Waals surface area contributed by atoms with E-state index in [1.165, 1.54) is 6.20 Å². The van der Waals surface area contributed by atoms with Crippen LogP contribution in [0, 0.1) is 0 Å². The molecule has 0 saturated carbocycles. The van der Waals surface area contributed by atoms with Crippen LogP contribution in [0.4, 0.5) is 17.2 Å². The van der Waals surface area contributed by atoms with Crippen LogP contribution in [-0.2, 0) is 15.2 Å². The molecule has 0 aliphatic carbocycles. The monoisotopic (exact) mass is 505 g/mol. The lowest BCUT2D eigenvalue weighted by Crippen LogP contribution is -2.35. The number of amidine groups is 1. The van der Waals surface area contributed by atoms with Crippen LogP contribution in [0.2, 0.25) is 0 Å². The van der Waals surface area contributed by atoms with Crippen LogP contribution in [0.1, 0.15) is 26.5 Å². The van der Waals surface area contributed by atoms with Gasteiger partial charge in [-0.1, -0.05) is 12.1 Å². The van der Waals surface area contributed by atoms with Gasteiger partial charge in [0.05, 0.1) is 17.9 Å². The number of likely N-dealkylation sites (N-methyl/N-ethyl adjacent to an activating group) is 2. The molecule has 37 heavy (non-hydrogen) atoms. The van der Waals surface area contributed by atoms with Crippen molar-refractivity contribution < 1.29 is 14.7 Å². The minimum atomic E-state index is -1.16. The molecule has 1 aromatic carbocycles. The molecule has 10 nitrogen and oxygen atoms in total. The van der Waals surface area contributed by atoms with Crippen molar-refractivity contribution >= 4 is 41.6 Å². The standard InChI is InChI=1S/C27H35N7O3/c1-7-16-30-26(36)21(17-28-5)25(33-23-11-9-10-22(32-23)27(3,4)37)31-19-12-14-20(15-13-19)34(8-2)18-24(35)29-6/h7,9-15,17,37H,1,5,8,16,18H2,2-4,6H3,(H,29,35)(H,30,36)(H,31,32,33)/b21-17+. The molecule has 0 atom stereocenters. The van der Waals surface area contributed by atoms with Crippen molar-refractivity contribution in [3.8, 4) is 0 Å². The first-order chi connectivity index (χ1) is 17.6. The summed E-state index contributed by atoms with van der Waals surface area (Å²) in [5.74, 6) is 0.0361. The van der Waals surface area contributed by atoms with Crippen LogP contribution in [0.25, 0.3) is 0 Å². The molecule has 0 aliphatic heterocycles. The number of nitrogens with one attached hydrogen (secondary N) is 3. The Morgan fingerprint density at radius 3 is 2.46 bits per heavy atom. The zero-order chi connectivity index (χ0) is 27.4. The van der Waals surface area contributed by atoms with Gasteiger partial charge in [0.15, 0.2) is 0 Å². The molecule has 0 radical (unpaired) electrons. The van der Waals surface area contributed by atoms with Gasteiger partial charge in [0.1, 0.15) is 22.8 Å². The van der Waals surface area contributed by atoms with Gasteiger partial charge < -0.3 is 26.0 Å². The SMILES string of the molecule is C=CCNC(=O)C(=C/N=C)/C(=N\c1ccc(N(CC)CC(=O)NC)cc1)Nc1cccc(C(C)(C)O)n1. The number of carbonyl (C=O) groups is 2. The smallest absolute Gasteiger partial charge is 0.256 e. The number of carbonyl (C=O) groups excluding carboxylic acids is 2. The van der Waals surface area contributed by atoms with E-state index in [2.05, 4.69) is 44.2 Å². The predicted molar refractivity (Wildman–Crippen MR) is 149 cm³/mol. The molecule has 1 aromatic heterocycles. The first-order valence-electron chi connectivity index (χ1n) is 11.8. The Kier molecular flexibility index (Phi) is 10.7. The van der Waals surface area contributed by atoms with Gasteiger partial charge in [0.2, 0.25) is 5.91 Å². The molecule has 2 amide bonds. The Bertz CT molecular complexity index is 1170. The molecule has 2 aromatic rings. The third-order valence-corrected chi connectivity index (χ3v) is 5.20. The summed E-state index contributed by atoms with van der Waals surface area (Å²) in [7, 11) is 1.60. The number of amides is 2. The minimum absolute atomic E-state index is 0.0894. The number of hydrogen-bond acceptors (Lipinski definition) is 7. The van der Waals surface area contributed by atoms with Crippen molar-refractivity contribution in [3.05, 3.63) is 72.6 Å². The topological polar surface area (TPSA) is 131 Å². The molecule has 196 valence electrons. The second-order valence-electron chi connectivity index (χ2n) is 8.48. The second kappa shape index (κ2) is 13.7. The third-order valence-electron chi connectivity index (χ3n) is 5.20. The molecule has 1 heterocycles. The number of pyridine rings is 1. The fraction of sp³-hybridized carbons (Fsp3) is 0.296. The van der Waals surface area contributed by atoms with Gasteiger partial charge in [-0.2, -0.15) is 0 Å². The normalized spacial score (nSPS) is 11.9. The Balaban J connectivity index is 2.50. The first kappa shape index (κ1) is 28.9. The maximum Gasteiger partial charge on any atom is 0.256 e. The lowest BCUT2D eigenvalue weighted by molar-refractivity contribution is -0.119. The van der Waals surface area contributed by atoms with Gasteiger partial charge >= 0.3 is 0 Å². The van der Waals surface area contributed by atoms with Crippen LogP contribution in [0.5, 0.6) is 0 Å². The summed E-state index contributed by atoms with van der Waals surface area (Å²) in [6.45, 7) is 13.5. The van der Waals surface area contributed by atoms with E-state index in [1.54, 1.807) is 57.3 Å². The van der Waals surface area contributed by atoms with Crippen molar-refractivity contribution in [1.29, 1.82) is 0 Å².